The quantitative estimate of drug-likeness (QED) is 0.877. The van der Waals surface area contributed by atoms with Gasteiger partial charge in [0.1, 0.15) is 6.10 Å². The summed E-state index contributed by atoms with van der Waals surface area (Å²) in [4.78, 5) is 5.16. The highest BCUT2D eigenvalue weighted by Gasteiger charge is 2.20. The zero-order valence-electron chi connectivity index (χ0n) is 7.61. The standard InChI is InChI=1S/C10H11BrN2O/c11-8-3-1-2-7(4-8)10-5-9(6-12)14-13-10/h1-4,9H,5-6,12H2. The molecule has 0 saturated heterocycles. The van der Waals surface area contributed by atoms with Crippen LogP contribution in [0, 0.1) is 0 Å². The Bertz CT molecular complexity index is 365. The van der Waals surface area contributed by atoms with E-state index in [2.05, 4.69) is 21.1 Å². The molecule has 1 aromatic rings. The molecule has 4 heteroatoms. The van der Waals surface area contributed by atoms with Gasteiger partial charge >= 0.3 is 0 Å². The average Bonchev–Trinajstić information content (AvgIpc) is 2.66. The third-order valence-corrected chi connectivity index (χ3v) is 2.65. The van der Waals surface area contributed by atoms with E-state index in [-0.39, 0.29) is 6.10 Å². The van der Waals surface area contributed by atoms with Gasteiger partial charge in [-0.05, 0) is 12.1 Å². The Labute approximate surface area is 91.1 Å². The second-order valence-corrected chi connectivity index (χ2v) is 4.13. The van der Waals surface area contributed by atoms with Crippen LogP contribution in [0.4, 0.5) is 0 Å². The zero-order chi connectivity index (χ0) is 9.97. The predicted octanol–water partition coefficient (Wildman–Crippen LogP) is 1.90. The lowest BCUT2D eigenvalue weighted by Crippen LogP contribution is -2.20. The van der Waals surface area contributed by atoms with Gasteiger partial charge in [0.2, 0.25) is 0 Å². The summed E-state index contributed by atoms with van der Waals surface area (Å²) in [7, 11) is 0. The Morgan fingerprint density at radius 1 is 1.57 bits per heavy atom. The number of rotatable bonds is 2. The van der Waals surface area contributed by atoms with Crippen LogP contribution in [0.2, 0.25) is 0 Å². The zero-order valence-corrected chi connectivity index (χ0v) is 9.20. The minimum Gasteiger partial charge on any atom is -0.390 e. The number of nitrogens with two attached hydrogens (primary N) is 1. The van der Waals surface area contributed by atoms with E-state index < -0.39 is 0 Å². The van der Waals surface area contributed by atoms with Crippen LogP contribution in [0.15, 0.2) is 33.9 Å². The lowest BCUT2D eigenvalue weighted by molar-refractivity contribution is 0.0918. The van der Waals surface area contributed by atoms with Crippen molar-refractivity contribution in [2.24, 2.45) is 10.9 Å². The summed E-state index contributed by atoms with van der Waals surface area (Å²) in [6.07, 6.45) is 0.844. The molecule has 0 aliphatic carbocycles. The highest BCUT2D eigenvalue weighted by atomic mass is 79.9. The maximum atomic E-state index is 5.50. The van der Waals surface area contributed by atoms with Crippen LogP contribution in [0.1, 0.15) is 12.0 Å². The fourth-order valence-electron chi connectivity index (χ4n) is 1.39. The molecule has 14 heavy (non-hydrogen) atoms. The molecule has 0 bridgehead atoms. The molecule has 1 atom stereocenters. The van der Waals surface area contributed by atoms with Crippen molar-refractivity contribution in [2.45, 2.75) is 12.5 Å². The molecule has 1 aromatic carbocycles. The van der Waals surface area contributed by atoms with Crippen molar-refractivity contribution in [1.82, 2.24) is 0 Å². The number of halogens is 1. The SMILES string of the molecule is NCC1CC(c2cccc(Br)c2)=NO1. The second-order valence-electron chi connectivity index (χ2n) is 3.22. The Morgan fingerprint density at radius 3 is 3.07 bits per heavy atom. The highest BCUT2D eigenvalue weighted by molar-refractivity contribution is 9.10. The van der Waals surface area contributed by atoms with Gasteiger partial charge in [-0.1, -0.05) is 33.2 Å². The lowest BCUT2D eigenvalue weighted by atomic mass is 10.1. The number of hydrogen-bond donors (Lipinski definition) is 1. The second kappa shape index (κ2) is 4.11. The molecule has 0 amide bonds. The number of benzene rings is 1. The summed E-state index contributed by atoms with van der Waals surface area (Å²) < 4.78 is 1.05. The van der Waals surface area contributed by atoms with Gasteiger partial charge in [0.15, 0.2) is 0 Å². The maximum absolute atomic E-state index is 5.50. The summed E-state index contributed by atoms with van der Waals surface area (Å²) in [6.45, 7) is 0.515. The lowest BCUT2D eigenvalue weighted by Gasteiger charge is -2.02. The van der Waals surface area contributed by atoms with Crippen molar-refractivity contribution in [3.05, 3.63) is 34.3 Å². The molecule has 2 rings (SSSR count). The number of nitrogens with zero attached hydrogens (tertiary/aromatic N) is 1. The van der Waals surface area contributed by atoms with E-state index in [9.17, 15) is 0 Å². The van der Waals surface area contributed by atoms with Crippen molar-refractivity contribution >= 4 is 21.6 Å². The van der Waals surface area contributed by atoms with E-state index in [4.69, 9.17) is 10.6 Å². The summed E-state index contributed by atoms with van der Waals surface area (Å²) in [5.41, 5.74) is 7.56. The topological polar surface area (TPSA) is 47.6 Å². The van der Waals surface area contributed by atoms with Crippen LogP contribution >= 0.6 is 15.9 Å². The summed E-state index contributed by atoms with van der Waals surface area (Å²) >= 11 is 3.42. The van der Waals surface area contributed by atoms with Crippen LogP contribution in [0.3, 0.4) is 0 Å². The Kier molecular flexibility index (Phi) is 2.84. The van der Waals surface area contributed by atoms with E-state index >= 15 is 0 Å². The summed E-state index contributed by atoms with van der Waals surface area (Å²) in [5, 5.41) is 4.02. The van der Waals surface area contributed by atoms with Gasteiger partial charge in [-0.3, -0.25) is 0 Å². The Hall–Kier alpha value is -0.870. The van der Waals surface area contributed by atoms with Gasteiger partial charge in [0, 0.05) is 23.0 Å². The summed E-state index contributed by atoms with van der Waals surface area (Å²) in [6, 6.07) is 8.02. The molecular weight excluding hydrogens is 244 g/mol. The first-order valence-corrected chi connectivity index (χ1v) is 5.27. The van der Waals surface area contributed by atoms with E-state index in [0.717, 1.165) is 22.2 Å². The van der Waals surface area contributed by atoms with Crippen molar-refractivity contribution in [2.75, 3.05) is 6.54 Å². The normalized spacial score (nSPS) is 20.4. The van der Waals surface area contributed by atoms with Crippen molar-refractivity contribution in [3.8, 4) is 0 Å². The number of oxime groups is 1. The molecule has 0 fully saturated rings. The first kappa shape index (κ1) is 9.68. The molecule has 0 spiro atoms. The van der Waals surface area contributed by atoms with Gasteiger partial charge in [-0.2, -0.15) is 0 Å². The maximum Gasteiger partial charge on any atom is 0.145 e. The molecule has 1 aliphatic heterocycles. The minimum absolute atomic E-state index is 0.0454. The van der Waals surface area contributed by atoms with Gasteiger partial charge in [-0.15, -0.1) is 0 Å². The molecule has 74 valence electrons. The van der Waals surface area contributed by atoms with Crippen molar-refractivity contribution < 1.29 is 4.84 Å². The molecule has 1 heterocycles. The van der Waals surface area contributed by atoms with Crippen LogP contribution in [-0.2, 0) is 4.84 Å². The van der Waals surface area contributed by atoms with E-state index in [1.54, 1.807) is 0 Å². The Balaban J connectivity index is 2.17. The minimum atomic E-state index is 0.0454. The largest absolute Gasteiger partial charge is 0.390 e. The fourth-order valence-corrected chi connectivity index (χ4v) is 1.79. The molecule has 0 radical (unpaired) electrons. The van der Waals surface area contributed by atoms with Gasteiger partial charge < -0.3 is 10.6 Å². The first-order chi connectivity index (χ1) is 6.79. The van der Waals surface area contributed by atoms with Crippen LogP contribution in [-0.4, -0.2) is 18.4 Å². The third-order valence-electron chi connectivity index (χ3n) is 2.15. The highest BCUT2D eigenvalue weighted by Crippen LogP contribution is 2.18. The average molecular weight is 255 g/mol. The molecule has 1 aliphatic rings. The van der Waals surface area contributed by atoms with Crippen LogP contribution in [0.25, 0.3) is 0 Å². The predicted molar refractivity (Wildman–Crippen MR) is 59.2 cm³/mol. The van der Waals surface area contributed by atoms with E-state index in [0.29, 0.717) is 6.54 Å². The molecule has 0 aromatic heterocycles. The molecule has 2 N–H and O–H groups in total. The molecular formula is C10H11BrN2O. The van der Waals surface area contributed by atoms with Crippen molar-refractivity contribution in [1.29, 1.82) is 0 Å². The third kappa shape index (κ3) is 1.96. The van der Waals surface area contributed by atoms with Gasteiger partial charge in [-0.25, -0.2) is 0 Å². The van der Waals surface area contributed by atoms with Crippen LogP contribution in [0.5, 0.6) is 0 Å². The first-order valence-electron chi connectivity index (χ1n) is 4.48. The molecule has 1 unspecified atom stereocenters. The van der Waals surface area contributed by atoms with Gasteiger partial charge in [0.05, 0.1) is 5.71 Å². The molecule has 0 saturated carbocycles. The van der Waals surface area contributed by atoms with Crippen LogP contribution < -0.4 is 5.73 Å². The van der Waals surface area contributed by atoms with E-state index in [1.165, 1.54) is 0 Å². The summed E-state index contributed by atoms with van der Waals surface area (Å²) in [5.74, 6) is 0. The van der Waals surface area contributed by atoms with Gasteiger partial charge in [0.25, 0.3) is 0 Å². The smallest absolute Gasteiger partial charge is 0.145 e. The molecule has 3 nitrogen and oxygen atoms in total. The van der Waals surface area contributed by atoms with Crippen molar-refractivity contribution in [3.63, 3.8) is 0 Å². The number of hydrogen-bond acceptors (Lipinski definition) is 3. The Morgan fingerprint density at radius 2 is 2.43 bits per heavy atom. The fraction of sp³-hybridized carbons (Fsp3) is 0.300. The monoisotopic (exact) mass is 254 g/mol. The van der Waals surface area contributed by atoms with E-state index in [1.807, 2.05) is 24.3 Å².